The maximum atomic E-state index is 12.9. The number of aromatic nitrogens is 4. The molecule has 3 heterocycles. The number of fused-ring (bicyclic) bond motifs is 1. The molecule has 124 valence electrons. The molecule has 0 N–H and O–H groups in total. The van der Waals surface area contributed by atoms with E-state index in [1.54, 1.807) is 12.0 Å². The minimum Gasteiger partial charge on any atom is -0.377 e. The summed E-state index contributed by atoms with van der Waals surface area (Å²) in [6, 6.07) is 2.04. The van der Waals surface area contributed by atoms with Crippen molar-refractivity contribution in [2.75, 3.05) is 18.6 Å². The Kier molecular flexibility index (Phi) is 3.97. The molecule has 0 radical (unpaired) electrons. The van der Waals surface area contributed by atoms with Gasteiger partial charge in [0.05, 0.1) is 18.2 Å². The molecule has 2 aromatic rings. The standard InChI is InChI=1S/C14H16F3N5O/c1-9-6-21(7-12-19-20-13(8-23-2)22(9)12)11-5-10(3-4-18-11)14(15,16)17/h3-5,9H,6-8H2,1-2H3/t9-/m0/s1. The molecule has 6 nitrogen and oxygen atoms in total. The first-order valence-electron chi connectivity index (χ1n) is 7.10. The number of nitrogens with zero attached hydrogens (tertiary/aromatic N) is 5. The summed E-state index contributed by atoms with van der Waals surface area (Å²) in [5.74, 6) is 1.69. The van der Waals surface area contributed by atoms with Gasteiger partial charge in [0.15, 0.2) is 11.6 Å². The zero-order valence-electron chi connectivity index (χ0n) is 12.7. The van der Waals surface area contributed by atoms with Gasteiger partial charge in [0.25, 0.3) is 0 Å². The molecule has 1 aliphatic rings. The van der Waals surface area contributed by atoms with E-state index in [2.05, 4.69) is 15.2 Å². The van der Waals surface area contributed by atoms with Gasteiger partial charge in [0.2, 0.25) is 0 Å². The Hall–Kier alpha value is -2.16. The Bertz CT molecular complexity index is 700. The van der Waals surface area contributed by atoms with Crippen molar-refractivity contribution in [3.63, 3.8) is 0 Å². The predicted molar refractivity (Wildman–Crippen MR) is 75.7 cm³/mol. The Morgan fingerprint density at radius 1 is 1.35 bits per heavy atom. The van der Waals surface area contributed by atoms with E-state index in [-0.39, 0.29) is 11.9 Å². The quantitative estimate of drug-likeness (QED) is 0.866. The molecule has 0 spiro atoms. The Balaban J connectivity index is 1.89. The van der Waals surface area contributed by atoms with Crippen molar-refractivity contribution in [3.8, 4) is 0 Å². The first kappa shape index (κ1) is 15.7. The first-order chi connectivity index (χ1) is 10.9. The van der Waals surface area contributed by atoms with Gasteiger partial charge in [0, 0.05) is 19.9 Å². The Labute approximate surface area is 130 Å². The zero-order chi connectivity index (χ0) is 16.6. The molecule has 0 saturated heterocycles. The van der Waals surface area contributed by atoms with Crippen LogP contribution in [0.3, 0.4) is 0 Å². The highest BCUT2D eigenvalue weighted by molar-refractivity contribution is 5.43. The van der Waals surface area contributed by atoms with Gasteiger partial charge in [-0.15, -0.1) is 10.2 Å². The number of alkyl halides is 3. The Morgan fingerprint density at radius 3 is 2.83 bits per heavy atom. The summed E-state index contributed by atoms with van der Waals surface area (Å²) in [6.45, 7) is 3.19. The van der Waals surface area contributed by atoms with E-state index in [1.807, 2.05) is 11.5 Å². The zero-order valence-corrected chi connectivity index (χ0v) is 12.7. The number of hydrogen-bond donors (Lipinski definition) is 0. The molecule has 0 saturated carbocycles. The van der Waals surface area contributed by atoms with Crippen molar-refractivity contribution in [1.29, 1.82) is 0 Å². The molecule has 0 unspecified atom stereocenters. The number of methoxy groups -OCH3 is 1. The molecule has 0 aliphatic carbocycles. The second-order valence-corrected chi connectivity index (χ2v) is 5.47. The molecular formula is C14H16F3N5O. The summed E-state index contributed by atoms with van der Waals surface area (Å²) < 4.78 is 45.6. The van der Waals surface area contributed by atoms with Gasteiger partial charge < -0.3 is 14.2 Å². The van der Waals surface area contributed by atoms with Gasteiger partial charge in [-0.2, -0.15) is 13.2 Å². The number of halogens is 3. The second kappa shape index (κ2) is 5.80. The summed E-state index contributed by atoms with van der Waals surface area (Å²) in [4.78, 5) is 5.85. The van der Waals surface area contributed by atoms with E-state index in [0.717, 1.165) is 12.1 Å². The number of rotatable bonds is 3. The molecule has 0 bridgehead atoms. The monoisotopic (exact) mass is 327 g/mol. The fraction of sp³-hybridized carbons (Fsp3) is 0.500. The molecule has 0 amide bonds. The van der Waals surface area contributed by atoms with Crippen LogP contribution in [0.2, 0.25) is 0 Å². The molecule has 0 aromatic carbocycles. The van der Waals surface area contributed by atoms with Crippen LogP contribution in [0.1, 0.15) is 30.2 Å². The fourth-order valence-corrected chi connectivity index (χ4v) is 2.78. The maximum Gasteiger partial charge on any atom is 0.416 e. The van der Waals surface area contributed by atoms with Crippen LogP contribution in [0, 0.1) is 0 Å². The van der Waals surface area contributed by atoms with E-state index in [0.29, 0.717) is 31.3 Å². The Morgan fingerprint density at radius 2 is 2.13 bits per heavy atom. The van der Waals surface area contributed by atoms with Crippen LogP contribution in [0.15, 0.2) is 18.3 Å². The lowest BCUT2D eigenvalue weighted by Crippen LogP contribution is -2.37. The van der Waals surface area contributed by atoms with E-state index >= 15 is 0 Å². The third-order valence-corrected chi connectivity index (χ3v) is 3.76. The van der Waals surface area contributed by atoms with Crippen molar-refractivity contribution in [3.05, 3.63) is 35.5 Å². The number of pyridine rings is 1. The minimum absolute atomic E-state index is 0.00948. The second-order valence-electron chi connectivity index (χ2n) is 5.47. The van der Waals surface area contributed by atoms with E-state index in [1.165, 1.54) is 6.20 Å². The predicted octanol–water partition coefficient (Wildman–Crippen LogP) is 2.42. The van der Waals surface area contributed by atoms with Crippen molar-refractivity contribution < 1.29 is 17.9 Å². The molecular weight excluding hydrogens is 311 g/mol. The molecule has 1 atom stereocenters. The lowest BCUT2D eigenvalue weighted by Gasteiger charge is -2.33. The van der Waals surface area contributed by atoms with E-state index in [9.17, 15) is 13.2 Å². The van der Waals surface area contributed by atoms with Crippen LogP contribution < -0.4 is 4.90 Å². The summed E-state index contributed by atoms with van der Waals surface area (Å²) in [6.07, 6.45) is -3.21. The van der Waals surface area contributed by atoms with Crippen molar-refractivity contribution in [2.45, 2.75) is 32.3 Å². The lowest BCUT2D eigenvalue weighted by molar-refractivity contribution is -0.137. The normalized spacial score (nSPS) is 18.1. The van der Waals surface area contributed by atoms with Crippen molar-refractivity contribution >= 4 is 5.82 Å². The fourth-order valence-electron chi connectivity index (χ4n) is 2.78. The van der Waals surface area contributed by atoms with Crippen LogP contribution in [0.4, 0.5) is 19.0 Å². The van der Waals surface area contributed by atoms with Gasteiger partial charge in [-0.3, -0.25) is 0 Å². The van der Waals surface area contributed by atoms with Gasteiger partial charge in [-0.1, -0.05) is 0 Å². The van der Waals surface area contributed by atoms with E-state index in [4.69, 9.17) is 4.74 Å². The third-order valence-electron chi connectivity index (χ3n) is 3.76. The minimum atomic E-state index is -4.38. The highest BCUT2D eigenvalue weighted by Crippen LogP contribution is 2.32. The van der Waals surface area contributed by atoms with E-state index < -0.39 is 11.7 Å². The number of anilines is 1. The highest BCUT2D eigenvalue weighted by Gasteiger charge is 2.32. The molecule has 0 fully saturated rings. The van der Waals surface area contributed by atoms with Gasteiger partial charge in [-0.05, 0) is 19.1 Å². The average molecular weight is 327 g/mol. The topological polar surface area (TPSA) is 56.1 Å². The van der Waals surface area contributed by atoms with Gasteiger partial charge in [0.1, 0.15) is 12.4 Å². The maximum absolute atomic E-state index is 12.9. The molecule has 9 heteroatoms. The van der Waals surface area contributed by atoms with Gasteiger partial charge in [-0.25, -0.2) is 4.98 Å². The van der Waals surface area contributed by atoms with Gasteiger partial charge >= 0.3 is 6.18 Å². The summed E-state index contributed by atoms with van der Waals surface area (Å²) in [5, 5.41) is 8.20. The summed E-state index contributed by atoms with van der Waals surface area (Å²) >= 11 is 0. The largest absolute Gasteiger partial charge is 0.416 e. The average Bonchev–Trinajstić information content (AvgIpc) is 2.90. The third kappa shape index (κ3) is 3.00. The number of hydrogen-bond acceptors (Lipinski definition) is 5. The summed E-state index contributed by atoms with van der Waals surface area (Å²) in [5.41, 5.74) is -0.706. The van der Waals surface area contributed by atoms with Crippen LogP contribution >= 0.6 is 0 Å². The lowest BCUT2D eigenvalue weighted by atomic mass is 10.2. The van der Waals surface area contributed by atoms with Crippen LogP contribution in [0.25, 0.3) is 0 Å². The first-order valence-corrected chi connectivity index (χ1v) is 7.10. The smallest absolute Gasteiger partial charge is 0.377 e. The molecule has 3 rings (SSSR count). The highest BCUT2D eigenvalue weighted by atomic mass is 19.4. The molecule has 23 heavy (non-hydrogen) atoms. The summed E-state index contributed by atoms with van der Waals surface area (Å²) in [7, 11) is 1.58. The van der Waals surface area contributed by atoms with Crippen molar-refractivity contribution in [2.24, 2.45) is 0 Å². The van der Waals surface area contributed by atoms with Crippen molar-refractivity contribution in [1.82, 2.24) is 19.7 Å². The number of ether oxygens (including phenoxy) is 1. The van der Waals surface area contributed by atoms with Crippen LogP contribution in [0.5, 0.6) is 0 Å². The molecule has 2 aromatic heterocycles. The molecule has 1 aliphatic heterocycles. The SMILES string of the molecule is COCc1nnc2n1[C@@H](C)CN(c1cc(C(F)(F)F)ccn1)C2. The van der Waals surface area contributed by atoms with Crippen LogP contribution in [-0.4, -0.2) is 33.4 Å². The van der Waals surface area contributed by atoms with Crippen LogP contribution in [-0.2, 0) is 24.1 Å².